The highest BCUT2D eigenvalue weighted by Gasteiger charge is 2.30. The lowest BCUT2D eigenvalue weighted by molar-refractivity contribution is -0.128. The minimum absolute atomic E-state index is 0.0163. The van der Waals surface area contributed by atoms with Gasteiger partial charge in [0.05, 0.1) is 5.56 Å². The lowest BCUT2D eigenvalue weighted by atomic mass is 10.1. The molecule has 1 aromatic rings. The number of benzene rings is 1. The number of nitrogens with zero attached hydrogens (tertiary/aromatic N) is 1. The SMILES string of the molecule is Cc1ccc(F)c(C(=O)NC2CCN(C)C2=O)c1. The Balaban J connectivity index is 2.13. The highest BCUT2D eigenvalue weighted by Crippen LogP contribution is 2.13. The Morgan fingerprint density at radius 1 is 1.50 bits per heavy atom. The number of likely N-dealkylation sites (N-methyl/N-ethyl adjacent to an activating group) is 1. The monoisotopic (exact) mass is 250 g/mol. The summed E-state index contributed by atoms with van der Waals surface area (Å²) in [6.45, 7) is 2.39. The van der Waals surface area contributed by atoms with Gasteiger partial charge in [-0.3, -0.25) is 9.59 Å². The molecule has 2 amide bonds. The average Bonchev–Trinajstić information content (AvgIpc) is 2.64. The largest absolute Gasteiger partial charge is 0.344 e. The molecule has 4 nitrogen and oxygen atoms in total. The number of hydrogen-bond acceptors (Lipinski definition) is 2. The first-order valence-electron chi connectivity index (χ1n) is 5.81. The van der Waals surface area contributed by atoms with Crippen LogP contribution < -0.4 is 5.32 Å². The molecule has 0 bridgehead atoms. The molecule has 2 rings (SSSR count). The van der Waals surface area contributed by atoms with Crippen molar-refractivity contribution in [3.8, 4) is 0 Å². The number of amides is 2. The second kappa shape index (κ2) is 4.76. The quantitative estimate of drug-likeness (QED) is 0.854. The molecule has 1 atom stereocenters. The van der Waals surface area contributed by atoms with E-state index in [-0.39, 0.29) is 11.5 Å². The molecule has 18 heavy (non-hydrogen) atoms. The van der Waals surface area contributed by atoms with E-state index in [9.17, 15) is 14.0 Å². The number of likely N-dealkylation sites (tertiary alicyclic amines) is 1. The van der Waals surface area contributed by atoms with Crippen molar-refractivity contribution in [3.63, 3.8) is 0 Å². The van der Waals surface area contributed by atoms with E-state index in [0.29, 0.717) is 13.0 Å². The summed E-state index contributed by atoms with van der Waals surface area (Å²) in [5.74, 6) is -1.24. The molecule has 1 fully saturated rings. The smallest absolute Gasteiger partial charge is 0.254 e. The van der Waals surface area contributed by atoms with E-state index in [1.807, 2.05) is 0 Å². The molecule has 0 saturated carbocycles. The first-order valence-corrected chi connectivity index (χ1v) is 5.81. The summed E-state index contributed by atoms with van der Waals surface area (Å²) in [4.78, 5) is 25.1. The van der Waals surface area contributed by atoms with Gasteiger partial charge < -0.3 is 10.2 Å². The highest BCUT2D eigenvalue weighted by molar-refractivity contribution is 5.98. The zero-order valence-electron chi connectivity index (χ0n) is 10.4. The summed E-state index contributed by atoms with van der Waals surface area (Å²) in [7, 11) is 1.68. The molecule has 0 aromatic heterocycles. The standard InChI is InChI=1S/C13H15FN2O2/c1-8-3-4-10(14)9(7-8)12(17)15-11-5-6-16(2)13(11)18/h3-4,7,11H,5-6H2,1-2H3,(H,15,17). The Kier molecular flexibility index (Phi) is 3.32. The van der Waals surface area contributed by atoms with Gasteiger partial charge in [-0.15, -0.1) is 0 Å². The molecular weight excluding hydrogens is 235 g/mol. The van der Waals surface area contributed by atoms with Gasteiger partial charge in [-0.25, -0.2) is 4.39 Å². The molecule has 0 spiro atoms. The van der Waals surface area contributed by atoms with Crippen molar-refractivity contribution in [1.29, 1.82) is 0 Å². The van der Waals surface area contributed by atoms with Crippen LogP contribution >= 0.6 is 0 Å². The summed E-state index contributed by atoms with van der Waals surface area (Å²) < 4.78 is 13.5. The third-order valence-electron chi connectivity index (χ3n) is 3.10. The van der Waals surface area contributed by atoms with Gasteiger partial charge in [-0.05, 0) is 25.5 Å². The maximum absolute atomic E-state index is 13.5. The fourth-order valence-corrected chi connectivity index (χ4v) is 2.01. The number of nitrogens with one attached hydrogen (secondary N) is 1. The summed E-state index contributed by atoms with van der Waals surface area (Å²) in [6, 6.07) is 3.80. The van der Waals surface area contributed by atoms with Gasteiger partial charge in [-0.1, -0.05) is 11.6 Å². The lowest BCUT2D eigenvalue weighted by Crippen LogP contribution is -2.40. The third kappa shape index (κ3) is 2.34. The van der Waals surface area contributed by atoms with E-state index < -0.39 is 17.8 Å². The lowest BCUT2D eigenvalue weighted by Gasteiger charge is -2.12. The van der Waals surface area contributed by atoms with Crippen molar-refractivity contribution in [1.82, 2.24) is 10.2 Å². The van der Waals surface area contributed by atoms with E-state index in [2.05, 4.69) is 5.32 Å². The molecule has 1 heterocycles. The predicted molar refractivity (Wildman–Crippen MR) is 64.6 cm³/mol. The Morgan fingerprint density at radius 3 is 2.83 bits per heavy atom. The van der Waals surface area contributed by atoms with E-state index in [1.54, 1.807) is 24.9 Å². The van der Waals surface area contributed by atoms with Gasteiger partial charge in [0, 0.05) is 13.6 Å². The van der Waals surface area contributed by atoms with Gasteiger partial charge in [0.1, 0.15) is 11.9 Å². The maximum atomic E-state index is 13.5. The number of rotatable bonds is 2. The first kappa shape index (κ1) is 12.5. The molecule has 1 unspecified atom stereocenters. The maximum Gasteiger partial charge on any atom is 0.254 e. The van der Waals surface area contributed by atoms with Crippen molar-refractivity contribution < 1.29 is 14.0 Å². The van der Waals surface area contributed by atoms with E-state index in [0.717, 1.165) is 5.56 Å². The van der Waals surface area contributed by atoms with Crippen LogP contribution in [0.1, 0.15) is 22.3 Å². The summed E-state index contributed by atoms with van der Waals surface area (Å²) >= 11 is 0. The zero-order valence-corrected chi connectivity index (χ0v) is 10.4. The van der Waals surface area contributed by atoms with Gasteiger partial charge in [-0.2, -0.15) is 0 Å². The van der Waals surface area contributed by atoms with Crippen molar-refractivity contribution in [3.05, 3.63) is 35.1 Å². The number of carbonyl (C=O) groups excluding carboxylic acids is 2. The first-order chi connectivity index (χ1) is 8.49. The number of carbonyl (C=O) groups is 2. The Bertz CT molecular complexity index is 502. The molecule has 1 aromatic carbocycles. The molecule has 0 radical (unpaired) electrons. The summed E-state index contributed by atoms with van der Waals surface area (Å²) in [5.41, 5.74) is 0.786. The number of aryl methyl sites for hydroxylation is 1. The summed E-state index contributed by atoms with van der Waals surface area (Å²) in [6.07, 6.45) is 0.564. The van der Waals surface area contributed by atoms with E-state index in [1.165, 1.54) is 12.1 Å². The Hall–Kier alpha value is -1.91. The van der Waals surface area contributed by atoms with Crippen molar-refractivity contribution in [2.24, 2.45) is 0 Å². The minimum Gasteiger partial charge on any atom is -0.344 e. The predicted octanol–water partition coefficient (Wildman–Crippen LogP) is 1.09. The van der Waals surface area contributed by atoms with Crippen molar-refractivity contribution in [2.45, 2.75) is 19.4 Å². The topological polar surface area (TPSA) is 49.4 Å². The molecule has 1 aliphatic rings. The van der Waals surface area contributed by atoms with Crippen LogP contribution in [0.3, 0.4) is 0 Å². The molecule has 1 N–H and O–H groups in total. The van der Waals surface area contributed by atoms with Crippen LogP contribution in [0.2, 0.25) is 0 Å². The Morgan fingerprint density at radius 2 is 2.22 bits per heavy atom. The van der Waals surface area contributed by atoms with Gasteiger partial charge >= 0.3 is 0 Å². The molecule has 5 heteroatoms. The molecule has 1 saturated heterocycles. The van der Waals surface area contributed by atoms with Gasteiger partial charge in [0.2, 0.25) is 5.91 Å². The van der Waals surface area contributed by atoms with Crippen molar-refractivity contribution in [2.75, 3.05) is 13.6 Å². The third-order valence-corrected chi connectivity index (χ3v) is 3.10. The number of hydrogen-bond donors (Lipinski definition) is 1. The van der Waals surface area contributed by atoms with E-state index >= 15 is 0 Å². The van der Waals surface area contributed by atoms with E-state index in [4.69, 9.17) is 0 Å². The fraction of sp³-hybridized carbons (Fsp3) is 0.385. The van der Waals surface area contributed by atoms with Crippen LogP contribution in [0, 0.1) is 12.7 Å². The van der Waals surface area contributed by atoms with Gasteiger partial charge in [0.15, 0.2) is 0 Å². The highest BCUT2D eigenvalue weighted by atomic mass is 19.1. The summed E-state index contributed by atoms with van der Waals surface area (Å²) in [5, 5.41) is 2.57. The Labute approximate surface area is 105 Å². The normalized spacial score (nSPS) is 19.2. The molecule has 0 aliphatic carbocycles. The van der Waals surface area contributed by atoms with Crippen LogP contribution in [-0.2, 0) is 4.79 Å². The van der Waals surface area contributed by atoms with Crippen LogP contribution in [0.5, 0.6) is 0 Å². The zero-order chi connectivity index (χ0) is 13.3. The van der Waals surface area contributed by atoms with Gasteiger partial charge in [0.25, 0.3) is 5.91 Å². The molecular formula is C13H15FN2O2. The fourth-order valence-electron chi connectivity index (χ4n) is 2.01. The second-order valence-corrected chi connectivity index (χ2v) is 4.56. The van der Waals surface area contributed by atoms with Crippen LogP contribution in [0.4, 0.5) is 4.39 Å². The van der Waals surface area contributed by atoms with Crippen molar-refractivity contribution >= 4 is 11.8 Å². The van der Waals surface area contributed by atoms with Crippen LogP contribution in [0.15, 0.2) is 18.2 Å². The average molecular weight is 250 g/mol. The van der Waals surface area contributed by atoms with Crippen LogP contribution in [-0.4, -0.2) is 36.3 Å². The molecule has 96 valence electrons. The second-order valence-electron chi connectivity index (χ2n) is 4.56. The number of halogens is 1. The van der Waals surface area contributed by atoms with Crippen LogP contribution in [0.25, 0.3) is 0 Å². The minimum atomic E-state index is -0.572. The molecule has 1 aliphatic heterocycles.